The second kappa shape index (κ2) is 29.4. The summed E-state index contributed by atoms with van der Waals surface area (Å²) in [7, 11) is -3.07. The van der Waals surface area contributed by atoms with Crippen LogP contribution >= 0.6 is 16.1 Å². The van der Waals surface area contributed by atoms with Crippen molar-refractivity contribution in [1.29, 1.82) is 0 Å². The number of amides is 2. The number of ether oxygens (including phenoxy) is 6. The summed E-state index contributed by atoms with van der Waals surface area (Å²) < 4.78 is 70.8. The number of aryl methyl sites for hydroxylation is 2. The summed E-state index contributed by atoms with van der Waals surface area (Å²) in [5, 5.41) is 21.1. The number of hydrogen-bond acceptors (Lipinski definition) is 17. The van der Waals surface area contributed by atoms with Gasteiger partial charge in [-0.05, 0) is 104 Å². The van der Waals surface area contributed by atoms with Crippen LogP contribution in [0.3, 0.4) is 0 Å². The average molecular weight is 1110 g/mol. The number of carbonyl (C=O) groups excluding carboxylic acids is 2. The van der Waals surface area contributed by atoms with Gasteiger partial charge in [0.15, 0.2) is 0 Å². The zero-order valence-electron chi connectivity index (χ0n) is 42.4. The van der Waals surface area contributed by atoms with Crippen molar-refractivity contribution in [2.24, 2.45) is 4.99 Å². The molecule has 2 aromatic rings. The molecule has 1 saturated heterocycles. The third-order valence-electron chi connectivity index (χ3n) is 11.5. The van der Waals surface area contributed by atoms with E-state index in [2.05, 4.69) is 25.3 Å². The number of carbonyl (C=O) groups is 3. The van der Waals surface area contributed by atoms with Crippen molar-refractivity contribution >= 4 is 79.0 Å². The molecule has 26 heteroatoms. The number of rotatable bonds is 32. The van der Waals surface area contributed by atoms with Gasteiger partial charge in [-0.15, -0.1) is 4.89 Å². The topological polar surface area (TPSA) is 281 Å². The van der Waals surface area contributed by atoms with Gasteiger partial charge in [0.25, 0.3) is 5.91 Å². The van der Waals surface area contributed by atoms with Gasteiger partial charge in [0.2, 0.25) is 5.91 Å². The third kappa shape index (κ3) is 18.3. The lowest BCUT2D eigenvalue weighted by atomic mass is 9.88. The second-order valence-electron chi connectivity index (χ2n) is 17.5. The summed E-state index contributed by atoms with van der Waals surface area (Å²) in [6, 6.07) is 11.7. The zero-order valence-corrected chi connectivity index (χ0v) is 45.8. The number of aromatic carboxylic acids is 1. The number of phosphoric ester groups is 1. The van der Waals surface area contributed by atoms with Crippen LogP contribution in [0.1, 0.15) is 72.4 Å². The van der Waals surface area contributed by atoms with Crippen molar-refractivity contribution in [1.82, 2.24) is 10.6 Å². The Labute approximate surface area is 439 Å². The molecule has 0 spiro atoms. The first kappa shape index (κ1) is 60.8. The first-order valence-electron chi connectivity index (χ1n) is 24.0. The highest BCUT2D eigenvalue weighted by atomic mass is 32.8. The van der Waals surface area contributed by atoms with E-state index >= 15 is 0 Å². The SMILES string of the molecule is [B][C@H]1C[C@@H](OCS(=S)C(C)(C)CNC(=O)CCOCCOCCOCCOCCNC(=O)c2ccc(-c3c4cc(C)c(=NCC)cc-4oc4cc(NCC)c(C)cc34)c(C(=O)O)c2)[C@@H](COP(=O)(O)O[P+](=O)O)O1. The number of phosphoric acid groups is 1. The van der Waals surface area contributed by atoms with E-state index in [9.17, 15) is 33.5 Å². The Morgan fingerprint density at radius 3 is 2.27 bits per heavy atom. The molecule has 74 heavy (non-hydrogen) atoms. The van der Waals surface area contributed by atoms with Crippen molar-refractivity contribution in [3.63, 3.8) is 0 Å². The van der Waals surface area contributed by atoms with Gasteiger partial charge < -0.3 is 53.9 Å². The minimum absolute atomic E-state index is 0.0268. The van der Waals surface area contributed by atoms with Gasteiger partial charge in [-0.3, -0.25) is 24.0 Å². The summed E-state index contributed by atoms with van der Waals surface area (Å²) >= 11 is 5.68. The van der Waals surface area contributed by atoms with Crippen LogP contribution in [-0.4, -0.2) is 155 Å². The molecule has 0 bridgehead atoms. The van der Waals surface area contributed by atoms with E-state index in [1.54, 1.807) is 12.1 Å². The van der Waals surface area contributed by atoms with Crippen LogP contribution in [0, 0.1) is 13.8 Å². The van der Waals surface area contributed by atoms with Crippen LogP contribution < -0.4 is 21.3 Å². The first-order chi connectivity index (χ1) is 35.2. The lowest BCUT2D eigenvalue weighted by Crippen LogP contribution is -2.43. The molecule has 3 aliphatic rings. The van der Waals surface area contributed by atoms with Crippen LogP contribution in [0.5, 0.6) is 0 Å². The summed E-state index contributed by atoms with van der Waals surface area (Å²) in [5.41, 5.74) is 5.41. The summed E-state index contributed by atoms with van der Waals surface area (Å²) in [6.07, 6.45) is -1.09. The quantitative estimate of drug-likeness (QED) is 0.0154. The van der Waals surface area contributed by atoms with E-state index in [1.807, 2.05) is 65.8 Å². The van der Waals surface area contributed by atoms with Crippen LogP contribution in [0.15, 0.2) is 51.9 Å². The van der Waals surface area contributed by atoms with Gasteiger partial charge in [0, 0.05) is 87.8 Å². The summed E-state index contributed by atoms with van der Waals surface area (Å²) in [5.74, 6) is -1.17. The van der Waals surface area contributed by atoms with Crippen molar-refractivity contribution in [3.05, 3.63) is 70.1 Å². The highest BCUT2D eigenvalue weighted by molar-refractivity contribution is 8.29. The number of nitrogens with one attached hydrogen (secondary N) is 3. The lowest BCUT2D eigenvalue weighted by Gasteiger charge is -2.28. The Hall–Kier alpha value is -4.10. The summed E-state index contributed by atoms with van der Waals surface area (Å²) in [6.45, 7) is 15.2. The van der Waals surface area contributed by atoms with Crippen molar-refractivity contribution in [2.45, 2.75) is 77.3 Å². The van der Waals surface area contributed by atoms with Gasteiger partial charge >= 0.3 is 22.0 Å². The second-order valence-corrected chi connectivity index (χ2v) is 23.1. The fourth-order valence-corrected chi connectivity index (χ4v) is 10.1. The number of carboxylic acids is 1. The molecule has 6 atom stereocenters. The van der Waals surface area contributed by atoms with Crippen LogP contribution in [0.2, 0.25) is 0 Å². The molecule has 2 heterocycles. The molecule has 404 valence electrons. The van der Waals surface area contributed by atoms with Crippen molar-refractivity contribution in [3.8, 4) is 22.5 Å². The van der Waals surface area contributed by atoms with Gasteiger partial charge in [0.05, 0.1) is 82.4 Å². The van der Waals surface area contributed by atoms with E-state index in [0.29, 0.717) is 62.0 Å². The molecule has 1 aliphatic carbocycles. The predicted octanol–water partition coefficient (Wildman–Crippen LogP) is 5.44. The smallest absolute Gasteiger partial charge is 0.478 e. The van der Waals surface area contributed by atoms with Crippen molar-refractivity contribution < 1.29 is 80.1 Å². The van der Waals surface area contributed by atoms with Gasteiger partial charge in [0.1, 0.15) is 25.3 Å². The fraction of sp³-hybridized carbons (Fsp3) is 0.542. The Balaban J connectivity index is 0.945. The molecule has 0 saturated carbocycles. The maximum Gasteiger partial charge on any atom is 0.705 e. The van der Waals surface area contributed by atoms with Crippen LogP contribution in [0.4, 0.5) is 5.69 Å². The minimum Gasteiger partial charge on any atom is -0.478 e. The first-order valence-corrected chi connectivity index (χ1v) is 28.9. The molecule has 0 aromatic heterocycles. The van der Waals surface area contributed by atoms with Crippen LogP contribution in [0.25, 0.3) is 33.4 Å². The molecule has 2 aliphatic heterocycles. The Morgan fingerprint density at radius 1 is 0.946 bits per heavy atom. The van der Waals surface area contributed by atoms with Gasteiger partial charge in [-0.2, -0.15) is 0 Å². The molecule has 1 fully saturated rings. The predicted molar refractivity (Wildman–Crippen MR) is 282 cm³/mol. The maximum absolute atomic E-state index is 13.2. The normalized spacial score (nSPS) is 17.6. The fourth-order valence-electron chi connectivity index (χ4n) is 7.69. The molecule has 6 N–H and O–H groups in total. The number of nitrogens with zero attached hydrogens (tertiary/aromatic N) is 1. The number of hydrogen-bond donors (Lipinski definition) is 6. The van der Waals surface area contributed by atoms with Gasteiger partial charge in [-0.25, -0.2) is 9.36 Å². The molecule has 3 unspecified atom stereocenters. The zero-order chi connectivity index (χ0) is 54.0. The Kier molecular flexibility index (Phi) is 24.2. The van der Waals surface area contributed by atoms with E-state index in [0.717, 1.165) is 33.1 Å². The Morgan fingerprint density at radius 2 is 1.62 bits per heavy atom. The highest BCUT2D eigenvalue weighted by Gasteiger charge is 2.40. The largest absolute Gasteiger partial charge is 0.705 e. The van der Waals surface area contributed by atoms with Gasteiger partial charge in [-0.1, -0.05) is 15.5 Å². The molecule has 2 amide bonds. The van der Waals surface area contributed by atoms with Crippen LogP contribution in [-0.2, 0) is 71.8 Å². The molecule has 2 radical (unpaired) electrons. The molecular weight excluding hydrogens is 1040 g/mol. The van der Waals surface area contributed by atoms with Crippen molar-refractivity contribution in [2.75, 3.05) is 96.9 Å². The number of anilines is 1. The monoisotopic (exact) mass is 1110 g/mol. The number of carboxylic acid groups (broad SMARTS) is 1. The van der Waals surface area contributed by atoms with E-state index in [4.69, 9.17) is 61.3 Å². The summed E-state index contributed by atoms with van der Waals surface area (Å²) in [4.78, 5) is 61.5. The maximum atomic E-state index is 13.2. The molecular formula is C48H66BN4O17P2S2+. The molecule has 2 aromatic carbocycles. The average Bonchev–Trinajstić information content (AvgIpc) is 3.71. The molecule has 21 nitrogen and oxygen atoms in total. The third-order valence-corrected chi connectivity index (χ3v) is 16.7. The van der Waals surface area contributed by atoms with E-state index < -0.39 is 67.0 Å². The number of benzene rings is 3. The Bertz CT molecular complexity index is 2700. The van der Waals surface area contributed by atoms with E-state index in [-0.39, 0.29) is 75.3 Å². The molecule has 5 rings (SSSR count). The standard InChI is InChI=1S/C48H65BN4O17P2S2/c1-7-50-37-24-39-35(21-30(37)3)45(36-22-31(4)38(51-8-2)25-40(36)68-39)33-10-9-32(23-34(33)47(56)57)46(55)52-12-14-63-16-18-65-20-19-64-17-15-62-13-11-44(54)53-28-48(5,6)74(73)29-66-41-26-43(49)69-42(41)27-67-72(60,61)70-71(58)59/h9-10,21-25,41-43H,7-8,11-20,26-29H2,1-6H3,(H5-,50,51,52,53,54,55,56,57,58,59,60,61)/p+1/t41-,42-,43-,74?/m1/s1. The lowest BCUT2D eigenvalue weighted by molar-refractivity contribution is -0.122. The highest BCUT2D eigenvalue weighted by Crippen LogP contribution is 2.51. The van der Waals surface area contributed by atoms with E-state index in [1.165, 1.54) is 6.07 Å². The number of fused-ring (bicyclic) bond motifs is 2. The minimum atomic E-state index is -4.79.